The zero-order chi connectivity index (χ0) is 13.0. The summed E-state index contributed by atoms with van der Waals surface area (Å²) in [6.07, 6.45) is 0. The Balaban J connectivity index is 3.12. The summed E-state index contributed by atoms with van der Waals surface area (Å²) in [6, 6.07) is 4.19. The number of halogens is 2. The van der Waals surface area contributed by atoms with Gasteiger partial charge in [0, 0.05) is 18.2 Å². The summed E-state index contributed by atoms with van der Waals surface area (Å²) in [5, 5.41) is 0. The van der Waals surface area contributed by atoms with Crippen molar-refractivity contribution in [2.24, 2.45) is 5.73 Å². The molecule has 0 amide bonds. The number of rotatable bonds is 5. The summed E-state index contributed by atoms with van der Waals surface area (Å²) in [5.41, 5.74) is 6.04. The van der Waals surface area contributed by atoms with Crippen LogP contribution in [0.4, 0.5) is 8.78 Å². The summed E-state index contributed by atoms with van der Waals surface area (Å²) >= 11 is 0. The van der Waals surface area contributed by atoms with Crippen LogP contribution in [-0.2, 0) is 0 Å². The van der Waals surface area contributed by atoms with Gasteiger partial charge in [0.2, 0.25) is 0 Å². The van der Waals surface area contributed by atoms with Crippen molar-refractivity contribution in [3.05, 3.63) is 35.4 Å². The lowest BCUT2D eigenvalue weighted by Crippen LogP contribution is -2.39. The van der Waals surface area contributed by atoms with E-state index < -0.39 is 11.6 Å². The van der Waals surface area contributed by atoms with Gasteiger partial charge in [-0.2, -0.15) is 0 Å². The Hall–Kier alpha value is -1.00. The van der Waals surface area contributed by atoms with Gasteiger partial charge in [-0.3, -0.25) is 4.90 Å². The smallest absolute Gasteiger partial charge is 0.163 e. The molecule has 0 radical (unpaired) electrons. The lowest BCUT2D eigenvalue weighted by atomic mass is 10.0. The van der Waals surface area contributed by atoms with Crippen LogP contribution in [0.3, 0.4) is 0 Å². The summed E-state index contributed by atoms with van der Waals surface area (Å²) in [7, 11) is 0. The number of benzene rings is 1. The first kappa shape index (κ1) is 14.1. The van der Waals surface area contributed by atoms with Crippen molar-refractivity contribution in [3.63, 3.8) is 0 Å². The third kappa shape index (κ3) is 3.01. The Labute approximate surface area is 101 Å². The molecule has 1 atom stereocenters. The maximum absolute atomic E-state index is 13.7. The zero-order valence-electron chi connectivity index (χ0n) is 10.6. The quantitative estimate of drug-likeness (QED) is 0.860. The number of likely N-dealkylation sites (N-methyl/N-ethyl adjacent to an activating group) is 1. The highest BCUT2D eigenvalue weighted by Crippen LogP contribution is 2.25. The van der Waals surface area contributed by atoms with E-state index in [1.54, 1.807) is 6.07 Å². The number of hydrogen-bond acceptors (Lipinski definition) is 2. The molecule has 0 aliphatic heterocycles. The van der Waals surface area contributed by atoms with Crippen LogP contribution in [0.1, 0.15) is 32.4 Å². The molecule has 2 N–H and O–H groups in total. The second-order valence-electron chi connectivity index (χ2n) is 4.32. The topological polar surface area (TPSA) is 29.3 Å². The molecule has 0 bridgehead atoms. The Kier molecular flexibility index (Phi) is 5.02. The Bertz CT molecular complexity index is 366. The van der Waals surface area contributed by atoms with Gasteiger partial charge in [0.15, 0.2) is 11.6 Å². The molecule has 1 aromatic rings. The van der Waals surface area contributed by atoms with E-state index in [4.69, 9.17) is 5.73 Å². The van der Waals surface area contributed by atoms with Crippen LogP contribution < -0.4 is 5.73 Å². The fraction of sp³-hybridized carbons (Fsp3) is 0.538. The minimum absolute atomic E-state index is 0.233. The van der Waals surface area contributed by atoms with Gasteiger partial charge in [-0.15, -0.1) is 0 Å². The molecule has 0 saturated carbocycles. The van der Waals surface area contributed by atoms with Crippen molar-refractivity contribution < 1.29 is 8.78 Å². The van der Waals surface area contributed by atoms with Crippen LogP contribution in [0.25, 0.3) is 0 Å². The van der Waals surface area contributed by atoms with E-state index in [1.807, 2.05) is 20.8 Å². The van der Waals surface area contributed by atoms with E-state index in [1.165, 1.54) is 6.07 Å². The summed E-state index contributed by atoms with van der Waals surface area (Å²) in [6.45, 7) is 7.04. The van der Waals surface area contributed by atoms with Gasteiger partial charge in [-0.25, -0.2) is 8.78 Å². The second kappa shape index (κ2) is 6.07. The minimum atomic E-state index is -0.819. The lowest BCUT2D eigenvalue weighted by Gasteiger charge is -2.33. The number of nitrogens with two attached hydrogens (primary N) is 1. The second-order valence-corrected chi connectivity index (χ2v) is 4.32. The van der Waals surface area contributed by atoms with E-state index in [9.17, 15) is 8.78 Å². The number of hydrogen-bond donors (Lipinski definition) is 1. The molecule has 0 aromatic heterocycles. The normalized spacial score (nSPS) is 13.4. The van der Waals surface area contributed by atoms with E-state index in [-0.39, 0.29) is 18.6 Å². The van der Waals surface area contributed by atoms with Crippen molar-refractivity contribution in [1.29, 1.82) is 0 Å². The third-order valence-electron chi connectivity index (χ3n) is 2.99. The minimum Gasteiger partial charge on any atom is -0.329 e. The highest BCUT2D eigenvalue weighted by Gasteiger charge is 2.24. The standard InChI is InChI=1S/C13H20F2N2/c1-4-17(9(2)3)12(8-16)10-6-5-7-11(14)13(10)15/h5-7,9,12H,4,8,16H2,1-3H3. The molecule has 0 saturated heterocycles. The molecular weight excluding hydrogens is 222 g/mol. The zero-order valence-corrected chi connectivity index (χ0v) is 10.6. The molecule has 17 heavy (non-hydrogen) atoms. The predicted molar refractivity (Wildman–Crippen MR) is 65.7 cm³/mol. The van der Waals surface area contributed by atoms with E-state index in [2.05, 4.69) is 4.90 Å². The van der Waals surface area contributed by atoms with Gasteiger partial charge in [-0.1, -0.05) is 19.1 Å². The van der Waals surface area contributed by atoms with Gasteiger partial charge in [0.25, 0.3) is 0 Å². The van der Waals surface area contributed by atoms with Crippen LogP contribution in [0.5, 0.6) is 0 Å². The van der Waals surface area contributed by atoms with Crippen molar-refractivity contribution in [3.8, 4) is 0 Å². The highest BCUT2D eigenvalue weighted by molar-refractivity contribution is 5.23. The van der Waals surface area contributed by atoms with E-state index in [0.717, 1.165) is 12.6 Å². The van der Waals surface area contributed by atoms with Crippen LogP contribution in [0, 0.1) is 11.6 Å². The Morgan fingerprint density at radius 1 is 1.29 bits per heavy atom. The molecule has 1 unspecified atom stereocenters. The average Bonchev–Trinajstić information content (AvgIpc) is 2.29. The Morgan fingerprint density at radius 2 is 1.94 bits per heavy atom. The Morgan fingerprint density at radius 3 is 2.41 bits per heavy atom. The van der Waals surface area contributed by atoms with Gasteiger partial charge in [0.05, 0.1) is 6.04 Å². The van der Waals surface area contributed by atoms with Gasteiger partial charge < -0.3 is 5.73 Å². The maximum atomic E-state index is 13.7. The maximum Gasteiger partial charge on any atom is 0.163 e. The average molecular weight is 242 g/mol. The van der Waals surface area contributed by atoms with Gasteiger partial charge >= 0.3 is 0 Å². The molecule has 2 nitrogen and oxygen atoms in total. The van der Waals surface area contributed by atoms with Crippen LogP contribution >= 0.6 is 0 Å². The van der Waals surface area contributed by atoms with E-state index in [0.29, 0.717) is 5.56 Å². The molecule has 0 aliphatic carbocycles. The molecule has 4 heteroatoms. The predicted octanol–water partition coefficient (Wildman–Crippen LogP) is 2.69. The monoisotopic (exact) mass is 242 g/mol. The highest BCUT2D eigenvalue weighted by atomic mass is 19.2. The van der Waals surface area contributed by atoms with Gasteiger partial charge in [0.1, 0.15) is 0 Å². The van der Waals surface area contributed by atoms with Crippen molar-refractivity contribution in [1.82, 2.24) is 4.90 Å². The van der Waals surface area contributed by atoms with Crippen molar-refractivity contribution in [2.45, 2.75) is 32.9 Å². The van der Waals surface area contributed by atoms with Crippen molar-refractivity contribution in [2.75, 3.05) is 13.1 Å². The number of nitrogens with zero attached hydrogens (tertiary/aromatic N) is 1. The SMILES string of the molecule is CCN(C(C)C)C(CN)c1cccc(F)c1F. The van der Waals surface area contributed by atoms with Gasteiger partial charge in [-0.05, 0) is 26.5 Å². The summed E-state index contributed by atoms with van der Waals surface area (Å²) in [4.78, 5) is 2.05. The van der Waals surface area contributed by atoms with Crippen molar-refractivity contribution >= 4 is 0 Å². The molecule has 1 rings (SSSR count). The molecule has 0 heterocycles. The first-order valence-corrected chi connectivity index (χ1v) is 5.92. The van der Waals surface area contributed by atoms with E-state index >= 15 is 0 Å². The largest absolute Gasteiger partial charge is 0.329 e. The lowest BCUT2D eigenvalue weighted by molar-refractivity contribution is 0.162. The summed E-state index contributed by atoms with van der Waals surface area (Å²) in [5.74, 6) is -1.61. The van der Waals surface area contributed by atoms with Crippen LogP contribution in [0.15, 0.2) is 18.2 Å². The molecule has 0 fully saturated rings. The van der Waals surface area contributed by atoms with Crippen LogP contribution in [-0.4, -0.2) is 24.0 Å². The third-order valence-corrected chi connectivity index (χ3v) is 2.99. The summed E-state index contributed by atoms with van der Waals surface area (Å²) < 4.78 is 27.0. The molecule has 1 aromatic carbocycles. The first-order chi connectivity index (χ1) is 8.02. The molecule has 96 valence electrons. The first-order valence-electron chi connectivity index (χ1n) is 5.92. The molecule has 0 aliphatic rings. The fourth-order valence-electron chi connectivity index (χ4n) is 2.16. The molecule has 0 spiro atoms. The fourth-order valence-corrected chi connectivity index (χ4v) is 2.16. The van der Waals surface area contributed by atoms with Crippen LogP contribution in [0.2, 0.25) is 0 Å². The molecular formula is C13H20F2N2.